The van der Waals surface area contributed by atoms with E-state index in [0.29, 0.717) is 17.2 Å². The van der Waals surface area contributed by atoms with Gasteiger partial charge in [-0.2, -0.15) is 0 Å². The number of aryl methyl sites for hydroxylation is 1. The fourth-order valence-electron chi connectivity index (χ4n) is 3.19. The van der Waals surface area contributed by atoms with E-state index >= 15 is 0 Å². The summed E-state index contributed by atoms with van der Waals surface area (Å²) in [6, 6.07) is 1.39. The van der Waals surface area contributed by atoms with Crippen molar-refractivity contribution >= 4 is 22.8 Å². The van der Waals surface area contributed by atoms with E-state index in [1.54, 1.807) is 23.8 Å². The van der Waals surface area contributed by atoms with E-state index in [1.165, 1.54) is 11.8 Å². The molecule has 1 saturated carbocycles. The number of aromatic nitrogens is 3. The molecule has 0 bridgehead atoms. The predicted molar refractivity (Wildman–Crippen MR) is 83.8 cm³/mol. The van der Waals surface area contributed by atoms with Crippen LogP contribution in [0.2, 0.25) is 0 Å². The first-order valence-corrected chi connectivity index (χ1v) is 8.32. The zero-order valence-electron chi connectivity index (χ0n) is 12.5. The van der Waals surface area contributed by atoms with Crippen LogP contribution in [0.15, 0.2) is 22.2 Å². The number of hydrogen-bond donors (Lipinski definition) is 1. The van der Waals surface area contributed by atoms with Gasteiger partial charge in [0.2, 0.25) is 0 Å². The van der Waals surface area contributed by atoms with Crippen molar-refractivity contribution in [3.8, 4) is 0 Å². The summed E-state index contributed by atoms with van der Waals surface area (Å²) in [7, 11) is 0. The molecule has 112 valence electrons. The summed E-state index contributed by atoms with van der Waals surface area (Å²) >= 11 is 1.45. The Kier molecular flexibility index (Phi) is 3.53. The summed E-state index contributed by atoms with van der Waals surface area (Å²) in [5.74, 6) is 0. The van der Waals surface area contributed by atoms with Crippen LogP contribution in [0.5, 0.6) is 0 Å². The smallest absolute Gasteiger partial charge is 0.252 e. The molecule has 1 fully saturated rings. The van der Waals surface area contributed by atoms with Crippen LogP contribution in [-0.4, -0.2) is 31.5 Å². The molecule has 0 aromatic carbocycles. The molecule has 0 amide bonds. The summed E-state index contributed by atoms with van der Waals surface area (Å²) in [4.78, 5) is 21.3. The van der Waals surface area contributed by atoms with Crippen molar-refractivity contribution in [3.05, 3.63) is 28.2 Å². The Bertz CT molecular complexity index is 754. The molecule has 2 atom stereocenters. The Balaban J connectivity index is 2.33. The van der Waals surface area contributed by atoms with Gasteiger partial charge in [0.05, 0.1) is 11.6 Å². The molecule has 1 N–H and O–H groups in total. The highest BCUT2D eigenvalue weighted by Crippen LogP contribution is 2.39. The second-order valence-corrected chi connectivity index (χ2v) is 6.67. The Labute approximate surface area is 127 Å². The van der Waals surface area contributed by atoms with Crippen molar-refractivity contribution in [2.24, 2.45) is 0 Å². The lowest BCUT2D eigenvalue weighted by Crippen LogP contribution is -2.37. The average Bonchev–Trinajstić information content (AvgIpc) is 2.78. The van der Waals surface area contributed by atoms with Gasteiger partial charge in [-0.15, -0.1) is 0 Å². The van der Waals surface area contributed by atoms with Gasteiger partial charge >= 0.3 is 0 Å². The predicted octanol–water partition coefficient (Wildman–Crippen LogP) is 2.30. The van der Waals surface area contributed by atoms with Gasteiger partial charge in [0.25, 0.3) is 5.56 Å². The van der Waals surface area contributed by atoms with Crippen LogP contribution < -0.4 is 5.56 Å². The molecule has 2 aromatic rings. The fourth-order valence-corrected chi connectivity index (χ4v) is 3.53. The minimum absolute atomic E-state index is 0.0991. The summed E-state index contributed by atoms with van der Waals surface area (Å²) < 4.78 is 1.66. The molecular weight excluding hydrogens is 286 g/mol. The van der Waals surface area contributed by atoms with Crippen LogP contribution in [0.1, 0.15) is 37.8 Å². The molecule has 2 aromatic heterocycles. The number of pyridine rings is 1. The Morgan fingerprint density at radius 1 is 1.52 bits per heavy atom. The second kappa shape index (κ2) is 5.10. The third kappa shape index (κ3) is 2.36. The van der Waals surface area contributed by atoms with E-state index in [2.05, 4.69) is 9.97 Å². The van der Waals surface area contributed by atoms with E-state index in [-0.39, 0.29) is 11.6 Å². The standard InChI is InChI=1S/C15H19N3O2S/c1-9-7-12(19)18(11-5-4-6-15(11,2)20)13-10(9)8-16-14(17-13)21-3/h7-8,11,20H,4-6H2,1-3H3/t11-,15-/m0/s1. The summed E-state index contributed by atoms with van der Waals surface area (Å²) in [6.07, 6.45) is 6.10. The zero-order valence-corrected chi connectivity index (χ0v) is 13.3. The molecule has 6 heteroatoms. The fraction of sp³-hybridized carbons (Fsp3) is 0.533. The maximum Gasteiger partial charge on any atom is 0.252 e. The van der Waals surface area contributed by atoms with Gasteiger partial charge < -0.3 is 5.11 Å². The second-order valence-electron chi connectivity index (χ2n) is 5.89. The minimum atomic E-state index is -0.865. The van der Waals surface area contributed by atoms with Crippen molar-refractivity contribution < 1.29 is 5.11 Å². The lowest BCUT2D eigenvalue weighted by atomic mass is 9.99. The lowest BCUT2D eigenvalue weighted by Gasteiger charge is -2.28. The number of aliphatic hydroxyl groups is 1. The summed E-state index contributed by atoms with van der Waals surface area (Å²) in [6.45, 7) is 3.70. The molecule has 1 aliphatic carbocycles. The molecule has 0 radical (unpaired) electrons. The largest absolute Gasteiger partial charge is 0.388 e. The molecule has 5 nitrogen and oxygen atoms in total. The van der Waals surface area contributed by atoms with E-state index in [1.807, 2.05) is 13.2 Å². The van der Waals surface area contributed by atoms with Crippen LogP contribution in [0.3, 0.4) is 0 Å². The summed E-state index contributed by atoms with van der Waals surface area (Å²) in [5, 5.41) is 12.1. The molecule has 3 rings (SSSR count). The number of hydrogen-bond acceptors (Lipinski definition) is 5. The maximum atomic E-state index is 12.5. The molecule has 2 heterocycles. The molecule has 0 saturated heterocycles. The lowest BCUT2D eigenvalue weighted by molar-refractivity contribution is 0.0266. The molecule has 0 unspecified atom stereocenters. The van der Waals surface area contributed by atoms with Crippen molar-refractivity contribution in [3.63, 3.8) is 0 Å². The van der Waals surface area contributed by atoms with Gasteiger partial charge in [-0.25, -0.2) is 9.97 Å². The molecule has 1 aliphatic rings. The third-order valence-electron chi connectivity index (χ3n) is 4.35. The van der Waals surface area contributed by atoms with Crippen molar-refractivity contribution in [1.29, 1.82) is 0 Å². The van der Waals surface area contributed by atoms with Crippen molar-refractivity contribution in [2.75, 3.05) is 6.26 Å². The van der Waals surface area contributed by atoms with Gasteiger partial charge in [-0.1, -0.05) is 11.8 Å². The van der Waals surface area contributed by atoms with Gasteiger partial charge in [0, 0.05) is 17.6 Å². The Morgan fingerprint density at radius 2 is 2.29 bits per heavy atom. The van der Waals surface area contributed by atoms with Crippen LogP contribution in [0, 0.1) is 6.92 Å². The van der Waals surface area contributed by atoms with Crippen LogP contribution in [0.4, 0.5) is 0 Å². The molecule has 0 spiro atoms. The van der Waals surface area contributed by atoms with Crippen LogP contribution in [-0.2, 0) is 0 Å². The first kappa shape index (κ1) is 14.5. The minimum Gasteiger partial charge on any atom is -0.388 e. The highest BCUT2D eigenvalue weighted by atomic mass is 32.2. The average molecular weight is 305 g/mol. The van der Waals surface area contributed by atoms with E-state index in [4.69, 9.17) is 0 Å². The topological polar surface area (TPSA) is 68.0 Å². The first-order valence-electron chi connectivity index (χ1n) is 7.09. The van der Waals surface area contributed by atoms with Gasteiger partial charge in [0.1, 0.15) is 5.65 Å². The number of rotatable bonds is 2. The molecule has 0 aliphatic heterocycles. The number of nitrogens with zero attached hydrogens (tertiary/aromatic N) is 3. The van der Waals surface area contributed by atoms with Crippen LogP contribution in [0.25, 0.3) is 11.0 Å². The van der Waals surface area contributed by atoms with Crippen molar-refractivity contribution in [1.82, 2.24) is 14.5 Å². The quantitative estimate of drug-likeness (QED) is 0.681. The molecular formula is C15H19N3O2S. The van der Waals surface area contributed by atoms with E-state index in [0.717, 1.165) is 23.8 Å². The Morgan fingerprint density at radius 3 is 2.90 bits per heavy atom. The zero-order chi connectivity index (χ0) is 15.2. The number of fused-ring (bicyclic) bond motifs is 1. The SMILES string of the molecule is CSc1ncc2c(C)cc(=O)n([C@H]3CCC[C@]3(C)O)c2n1. The van der Waals surface area contributed by atoms with Crippen molar-refractivity contribution in [2.45, 2.75) is 49.9 Å². The van der Waals surface area contributed by atoms with Crippen LogP contribution >= 0.6 is 11.8 Å². The third-order valence-corrected chi connectivity index (χ3v) is 4.91. The van der Waals surface area contributed by atoms with E-state index in [9.17, 15) is 9.90 Å². The highest BCUT2D eigenvalue weighted by Gasteiger charge is 2.39. The normalized spacial score (nSPS) is 25.6. The highest BCUT2D eigenvalue weighted by molar-refractivity contribution is 7.98. The Hall–Kier alpha value is -1.40. The summed E-state index contributed by atoms with van der Waals surface area (Å²) in [5.41, 5.74) is 0.539. The van der Waals surface area contributed by atoms with Gasteiger partial charge in [0.15, 0.2) is 5.16 Å². The number of thioether (sulfide) groups is 1. The molecule has 21 heavy (non-hydrogen) atoms. The monoisotopic (exact) mass is 305 g/mol. The first-order chi connectivity index (χ1) is 9.94. The van der Waals surface area contributed by atoms with Gasteiger partial charge in [-0.3, -0.25) is 9.36 Å². The van der Waals surface area contributed by atoms with Gasteiger partial charge in [-0.05, 0) is 44.9 Å². The maximum absolute atomic E-state index is 12.5. The van der Waals surface area contributed by atoms with E-state index < -0.39 is 5.60 Å².